The molecule has 0 radical (unpaired) electrons. The zero-order chi connectivity index (χ0) is 20.2. The third-order valence-corrected chi connectivity index (χ3v) is 6.44. The molecule has 1 fully saturated rings. The summed E-state index contributed by atoms with van der Waals surface area (Å²) in [6.07, 6.45) is 3.42. The third-order valence-electron chi connectivity index (χ3n) is 5.55. The molecule has 1 aliphatic rings. The van der Waals surface area contributed by atoms with E-state index in [0.717, 1.165) is 52.2 Å². The molecule has 150 valence electrons. The molecule has 0 aliphatic carbocycles. The number of rotatable bonds is 5. The average molecular weight is 407 g/mol. The number of benzene rings is 2. The largest absolute Gasteiger partial charge is 0.497 e. The molecule has 5 heteroatoms. The number of nitrogens with zero attached hydrogens (tertiary/aromatic N) is 2. The summed E-state index contributed by atoms with van der Waals surface area (Å²) in [7, 11) is 1.66. The van der Waals surface area contributed by atoms with Gasteiger partial charge in [-0.1, -0.05) is 42.1 Å². The fourth-order valence-electron chi connectivity index (χ4n) is 3.93. The van der Waals surface area contributed by atoms with E-state index in [9.17, 15) is 4.79 Å². The number of aromatic nitrogens is 1. The van der Waals surface area contributed by atoms with Gasteiger partial charge in [-0.05, 0) is 55.5 Å². The number of piperidine rings is 1. The number of amides is 1. The van der Waals surface area contributed by atoms with E-state index in [2.05, 4.69) is 31.2 Å². The Bertz CT molecular complexity index is 1010. The lowest BCUT2D eigenvalue weighted by Crippen LogP contribution is -2.42. The lowest BCUT2D eigenvalue weighted by atomic mass is 10.0. The fraction of sp³-hybridized carbons (Fsp3) is 0.333. The summed E-state index contributed by atoms with van der Waals surface area (Å²) in [5.41, 5.74) is 3.15. The molecule has 0 spiro atoms. The number of carbonyl (C=O) groups is 1. The summed E-state index contributed by atoms with van der Waals surface area (Å²) >= 11 is 1.52. The molecule has 0 unspecified atom stereocenters. The predicted octanol–water partition coefficient (Wildman–Crippen LogP) is 5.40. The Morgan fingerprint density at radius 2 is 2.00 bits per heavy atom. The van der Waals surface area contributed by atoms with Crippen molar-refractivity contribution in [3.05, 3.63) is 54.6 Å². The molecule has 1 atom stereocenters. The van der Waals surface area contributed by atoms with Crippen molar-refractivity contribution in [3.63, 3.8) is 0 Å². The Hall–Kier alpha value is -2.53. The van der Waals surface area contributed by atoms with Crippen LogP contribution in [0.2, 0.25) is 0 Å². The molecule has 4 nitrogen and oxygen atoms in total. The summed E-state index contributed by atoms with van der Waals surface area (Å²) < 4.78 is 5.39. The Labute approximate surface area is 176 Å². The topological polar surface area (TPSA) is 42.4 Å². The minimum atomic E-state index is 0.205. The van der Waals surface area contributed by atoms with Crippen molar-refractivity contribution in [1.82, 2.24) is 9.88 Å². The molecular formula is C24H26N2O2S. The Morgan fingerprint density at radius 1 is 1.17 bits per heavy atom. The SMILES string of the molecule is COc1ccc2c(-c3ccccc3)cc(SCC(=O)N3CCCC[C@H]3C)nc2c1. The molecule has 29 heavy (non-hydrogen) atoms. The molecule has 3 aromatic rings. The minimum Gasteiger partial charge on any atom is -0.497 e. The van der Waals surface area contributed by atoms with E-state index >= 15 is 0 Å². The van der Waals surface area contributed by atoms with Crippen molar-refractivity contribution in [2.75, 3.05) is 19.4 Å². The molecule has 1 aliphatic heterocycles. The number of pyridine rings is 1. The number of fused-ring (bicyclic) bond motifs is 1. The summed E-state index contributed by atoms with van der Waals surface area (Å²) in [4.78, 5) is 19.6. The predicted molar refractivity (Wildman–Crippen MR) is 119 cm³/mol. The van der Waals surface area contributed by atoms with Gasteiger partial charge in [-0.25, -0.2) is 4.98 Å². The minimum absolute atomic E-state index is 0.205. The van der Waals surface area contributed by atoms with Crippen LogP contribution in [0.5, 0.6) is 5.75 Å². The standard InChI is InChI=1S/C24H26N2O2S/c1-17-8-6-7-13-26(17)24(27)16-29-23-15-21(18-9-4-3-5-10-18)20-12-11-19(28-2)14-22(20)25-23/h3-5,9-12,14-15,17H,6-8,13,16H2,1-2H3/t17-/m1/s1. The van der Waals surface area contributed by atoms with Crippen LogP contribution in [0.15, 0.2) is 59.6 Å². The molecule has 0 saturated carbocycles. The second kappa shape index (κ2) is 8.87. The van der Waals surface area contributed by atoms with Crippen molar-refractivity contribution in [1.29, 1.82) is 0 Å². The van der Waals surface area contributed by atoms with Crippen LogP contribution in [-0.4, -0.2) is 41.2 Å². The first-order chi connectivity index (χ1) is 14.2. The van der Waals surface area contributed by atoms with Gasteiger partial charge in [-0.15, -0.1) is 0 Å². The van der Waals surface area contributed by atoms with Gasteiger partial charge in [0.2, 0.25) is 5.91 Å². The van der Waals surface area contributed by atoms with Crippen molar-refractivity contribution < 1.29 is 9.53 Å². The highest BCUT2D eigenvalue weighted by atomic mass is 32.2. The lowest BCUT2D eigenvalue weighted by Gasteiger charge is -2.33. The number of ether oxygens (including phenoxy) is 1. The van der Waals surface area contributed by atoms with E-state index in [-0.39, 0.29) is 5.91 Å². The molecule has 0 N–H and O–H groups in total. The summed E-state index contributed by atoms with van der Waals surface area (Å²) in [5, 5.41) is 1.94. The first-order valence-corrected chi connectivity index (χ1v) is 11.1. The number of carbonyl (C=O) groups excluding carboxylic acids is 1. The molecular weight excluding hydrogens is 380 g/mol. The lowest BCUT2D eigenvalue weighted by molar-refractivity contribution is -0.131. The highest BCUT2D eigenvalue weighted by Gasteiger charge is 2.23. The summed E-state index contributed by atoms with van der Waals surface area (Å²) in [6.45, 7) is 3.02. The second-order valence-corrected chi connectivity index (χ2v) is 8.47. The van der Waals surface area contributed by atoms with E-state index in [1.807, 2.05) is 35.2 Å². The Balaban J connectivity index is 1.64. The van der Waals surface area contributed by atoms with Crippen LogP contribution in [0.3, 0.4) is 0 Å². The van der Waals surface area contributed by atoms with E-state index in [4.69, 9.17) is 9.72 Å². The average Bonchev–Trinajstić information content (AvgIpc) is 2.77. The van der Waals surface area contributed by atoms with Crippen molar-refractivity contribution in [2.24, 2.45) is 0 Å². The van der Waals surface area contributed by atoms with E-state index in [1.165, 1.54) is 18.2 Å². The van der Waals surface area contributed by atoms with Gasteiger partial charge < -0.3 is 9.64 Å². The normalized spacial score (nSPS) is 16.8. The van der Waals surface area contributed by atoms with Crippen molar-refractivity contribution >= 4 is 28.6 Å². The maximum absolute atomic E-state index is 12.8. The highest BCUT2D eigenvalue weighted by Crippen LogP contribution is 2.33. The number of methoxy groups -OCH3 is 1. The van der Waals surface area contributed by atoms with Crippen LogP contribution >= 0.6 is 11.8 Å². The van der Waals surface area contributed by atoms with Gasteiger partial charge in [-0.3, -0.25) is 4.79 Å². The van der Waals surface area contributed by atoms with Crippen LogP contribution in [0.4, 0.5) is 0 Å². The van der Waals surface area contributed by atoms with Crippen molar-refractivity contribution in [3.8, 4) is 16.9 Å². The first kappa shape index (κ1) is 19.8. The van der Waals surface area contributed by atoms with Crippen LogP contribution in [0.25, 0.3) is 22.0 Å². The maximum atomic E-state index is 12.8. The zero-order valence-corrected chi connectivity index (χ0v) is 17.7. The maximum Gasteiger partial charge on any atom is 0.233 e. The molecule has 1 amide bonds. The Morgan fingerprint density at radius 3 is 2.76 bits per heavy atom. The van der Waals surface area contributed by atoms with E-state index < -0.39 is 0 Å². The van der Waals surface area contributed by atoms with Gasteiger partial charge >= 0.3 is 0 Å². The first-order valence-electron chi connectivity index (χ1n) is 10.1. The summed E-state index contributed by atoms with van der Waals surface area (Å²) in [6, 6.07) is 18.7. The Kier molecular flexibility index (Phi) is 6.05. The van der Waals surface area contributed by atoms with E-state index in [1.54, 1.807) is 7.11 Å². The quantitative estimate of drug-likeness (QED) is 0.532. The highest BCUT2D eigenvalue weighted by molar-refractivity contribution is 7.99. The van der Waals surface area contributed by atoms with Crippen LogP contribution in [0.1, 0.15) is 26.2 Å². The van der Waals surface area contributed by atoms with Gasteiger partial charge in [0.15, 0.2) is 0 Å². The van der Waals surface area contributed by atoms with Crippen LogP contribution in [0, 0.1) is 0 Å². The smallest absolute Gasteiger partial charge is 0.233 e. The number of hydrogen-bond donors (Lipinski definition) is 0. The molecule has 0 bridgehead atoms. The molecule has 1 saturated heterocycles. The van der Waals surface area contributed by atoms with Crippen LogP contribution in [-0.2, 0) is 4.79 Å². The van der Waals surface area contributed by atoms with Crippen molar-refractivity contribution in [2.45, 2.75) is 37.3 Å². The molecule has 2 heterocycles. The molecule has 1 aromatic heterocycles. The third kappa shape index (κ3) is 4.40. The number of thioether (sulfide) groups is 1. The van der Waals surface area contributed by atoms with Gasteiger partial charge in [-0.2, -0.15) is 0 Å². The number of hydrogen-bond acceptors (Lipinski definition) is 4. The van der Waals surface area contributed by atoms with Gasteiger partial charge in [0.05, 0.1) is 23.4 Å². The number of likely N-dealkylation sites (tertiary alicyclic amines) is 1. The molecule has 4 rings (SSSR count). The van der Waals surface area contributed by atoms with Gasteiger partial charge in [0.25, 0.3) is 0 Å². The second-order valence-electron chi connectivity index (χ2n) is 7.48. The zero-order valence-electron chi connectivity index (χ0n) is 16.9. The van der Waals surface area contributed by atoms with Crippen LogP contribution < -0.4 is 4.74 Å². The van der Waals surface area contributed by atoms with Gasteiger partial charge in [0.1, 0.15) is 5.75 Å². The monoisotopic (exact) mass is 406 g/mol. The molecule has 2 aromatic carbocycles. The summed E-state index contributed by atoms with van der Waals surface area (Å²) in [5.74, 6) is 1.40. The van der Waals surface area contributed by atoms with E-state index in [0.29, 0.717) is 11.8 Å². The fourth-order valence-corrected chi connectivity index (χ4v) is 4.73. The van der Waals surface area contributed by atoms with Gasteiger partial charge in [0, 0.05) is 24.0 Å².